The first kappa shape index (κ1) is 14.7. The largest absolute Gasteiger partial charge is 0.409 e. The fraction of sp³-hybridized carbons (Fsp3) is 0.333. The highest BCUT2D eigenvalue weighted by Gasteiger charge is 2.04. The van der Waals surface area contributed by atoms with Crippen molar-refractivity contribution in [1.29, 1.82) is 0 Å². The molecule has 1 aromatic carbocycles. The molecule has 0 atom stereocenters. The van der Waals surface area contributed by atoms with Crippen LogP contribution >= 0.6 is 22.6 Å². The van der Waals surface area contributed by atoms with Crippen molar-refractivity contribution >= 4 is 34.3 Å². The van der Waals surface area contributed by atoms with Gasteiger partial charge in [0.05, 0.1) is 0 Å². The van der Waals surface area contributed by atoms with Gasteiger partial charge in [-0.25, -0.2) is 0 Å². The van der Waals surface area contributed by atoms with E-state index in [0.29, 0.717) is 18.5 Å². The molecule has 0 aliphatic carbocycles. The summed E-state index contributed by atoms with van der Waals surface area (Å²) in [6.45, 7) is 0.586. The fourth-order valence-electron chi connectivity index (χ4n) is 1.41. The normalized spacial score (nSPS) is 11.3. The number of halogens is 1. The average Bonchev–Trinajstić information content (AvgIpc) is 2.37. The molecule has 0 bridgehead atoms. The summed E-state index contributed by atoms with van der Waals surface area (Å²) in [4.78, 5) is 11.7. The number of amidine groups is 1. The molecule has 0 aliphatic heterocycles. The standard InChI is InChI=1S/C12H16IN3O2/c13-10-5-3-4-9(8-10)12(17)15-7-2-1-6-11(14)16-18/h3-5,8,18H,1-2,6-7H2,(H2,14,16)(H,15,17). The summed E-state index contributed by atoms with van der Waals surface area (Å²) in [5, 5.41) is 14.1. The number of nitrogens with zero attached hydrogens (tertiary/aromatic N) is 1. The Bertz CT molecular complexity index is 435. The number of unbranched alkanes of at least 4 members (excludes halogenated alkanes) is 1. The molecular formula is C12H16IN3O2. The summed E-state index contributed by atoms with van der Waals surface area (Å²) in [6, 6.07) is 7.42. The van der Waals surface area contributed by atoms with Crippen molar-refractivity contribution < 1.29 is 10.0 Å². The van der Waals surface area contributed by atoms with Crippen LogP contribution in [0.25, 0.3) is 0 Å². The van der Waals surface area contributed by atoms with Gasteiger partial charge in [0.1, 0.15) is 5.84 Å². The van der Waals surface area contributed by atoms with Crippen molar-refractivity contribution in [2.45, 2.75) is 19.3 Å². The van der Waals surface area contributed by atoms with Gasteiger partial charge in [0.15, 0.2) is 0 Å². The number of amides is 1. The lowest BCUT2D eigenvalue weighted by Crippen LogP contribution is -2.24. The van der Waals surface area contributed by atoms with Crippen molar-refractivity contribution in [1.82, 2.24) is 5.32 Å². The fourth-order valence-corrected chi connectivity index (χ4v) is 1.96. The Labute approximate surface area is 120 Å². The molecule has 6 heteroatoms. The summed E-state index contributed by atoms with van der Waals surface area (Å²) in [5.41, 5.74) is 6.00. The topological polar surface area (TPSA) is 87.7 Å². The van der Waals surface area contributed by atoms with Gasteiger partial charge < -0.3 is 16.3 Å². The van der Waals surface area contributed by atoms with E-state index in [2.05, 4.69) is 33.1 Å². The maximum Gasteiger partial charge on any atom is 0.251 e. The number of carbonyl (C=O) groups excluding carboxylic acids is 1. The molecule has 0 aromatic heterocycles. The number of nitrogens with one attached hydrogen (secondary N) is 1. The Kier molecular flexibility index (Phi) is 6.48. The Hall–Kier alpha value is -1.31. The molecular weight excluding hydrogens is 345 g/mol. The predicted octanol–water partition coefficient (Wildman–Crippen LogP) is 1.94. The minimum Gasteiger partial charge on any atom is -0.409 e. The lowest BCUT2D eigenvalue weighted by molar-refractivity contribution is 0.0953. The van der Waals surface area contributed by atoms with Gasteiger partial charge in [-0.2, -0.15) is 0 Å². The van der Waals surface area contributed by atoms with Crippen LogP contribution in [-0.4, -0.2) is 23.5 Å². The molecule has 1 rings (SSSR count). The summed E-state index contributed by atoms with van der Waals surface area (Å²) >= 11 is 2.17. The molecule has 1 amide bonds. The number of hydrogen-bond donors (Lipinski definition) is 3. The number of oxime groups is 1. The van der Waals surface area contributed by atoms with E-state index < -0.39 is 0 Å². The van der Waals surface area contributed by atoms with Gasteiger partial charge in [0, 0.05) is 22.1 Å². The van der Waals surface area contributed by atoms with Crippen molar-refractivity contribution in [3.8, 4) is 0 Å². The molecule has 1 aromatic rings. The third-order valence-corrected chi connectivity index (χ3v) is 3.03. The van der Waals surface area contributed by atoms with Crippen molar-refractivity contribution in [3.05, 3.63) is 33.4 Å². The lowest BCUT2D eigenvalue weighted by atomic mass is 10.2. The van der Waals surface area contributed by atoms with E-state index in [4.69, 9.17) is 10.9 Å². The maximum absolute atomic E-state index is 11.7. The van der Waals surface area contributed by atoms with E-state index in [1.54, 1.807) is 6.07 Å². The van der Waals surface area contributed by atoms with E-state index in [9.17, 15) is 4.79 Å². The van der Waals surface area contributed by atoms with Crippen LogP contribution in [0.2, 0.25) is 0 Å². The zero-order valence-electron chi connectivity index (χ0n) is 9.90. The summed E-state index contributed by atoms with van der Waals surface area (Å²) in [6.07, 6.45) is 2.12. The number of benzene rings is 1. The molecule has 0 heterocycles. The van der Waals surface area contributed by atoms with E-state index >= 15 is 0 Å². The molecule has 0 fully saturated rings. The van der Waals surface area contributed by atoms with Crippen LogP contribution in [0.5, 0.6) is 0 Å². The van der Waals surface area contributed by atoms with E-state index in [-0.39, 0.29) is 11.7 Å². The van der Waals surface area contributed by atoms with Crippen LogP contribution < -0.4 is 11.1 Å². The van der Waals surface area contributed by atoms with E-state index in [0.717, 1.165) is 16.4 Å². The monoisotopic (exact) mass is 361 g/mol. The highest BCUT2D eigenvalue weighted by Crippen LogP contribution is 2.07. The second-order valence-electron chi connectivity index (χ2n) is 3.81. The smallest absolute Gasteiger partial charge is 0.251 e. The zero-order valence-corrected chi connectivity index (χ0v) is 12.1. The van der Waals surface area contributed by atoms with Crippen LogP contribution in [0, 0.1) is 3.57 Å². The van der Waals surface area contributed by atoms with Gasteiger partial charge in [-0.1, -0.05) is 11.2 Å². The molecule has 0 unspecified atom stereocenters. The molecule has 0 aliphatic rings. The van der Waals surface area contributed by atoms with Gasteiger partial charge in [-0.3, -0.25) is 4.79 Å². The predicted molar refractivity (Wildman–Crippen MR) is 78.8 cm³/mol. The zero-order chi connectivity index (χ0) is 13.4. The van der Waals surface area contributed by atoms with Crippen molar-refractivity contribution in [2.75, 3.05) is 6.54 Å². The summed E-state index contributed by atoms with van der Waals surface area (Å²) < 4.78 is 1.03. The molecule has 4 N–H and O–H groups in total. The number of hydrogen-bond acceptors (Lipinski definition) is 3. The molecule has 98 valence electrons. The van der Waals surface area contributed by atoms with Gasteiger partial charge in [0.2, 0.25) is 0 Å². The SMILES string of the molecule is NC(CCCCNC(=O)c1cccc(I)c1)=NO. The van der Waals surface area contributed by atoms with Gasteiger partial charge in [0.25, 0.3) is 5.91 Å². The average molecular weight is 361 g/mol. The molecule has 5 nitrogen and oxygen atoms in total. The lowest BCUT2D eigenvalue weighted by Gasteiger charge is -2.05. The molecule has 0 radical (unpaired) electrons. The Balaban J connectivity index is 2.26. The highest BCUT2D eigenvalue weighted by molar-refractivity contribution is 14.1. The second-order valence-corrected chi connectivity index (χ2v) is 5.06. The summed E-state index contributed by atoms with van der Waals surface area (Å²) in [5.74, 6) is 0.149. The Morgan fingerprint density at radius 2 is 2.22 bits per heavy atom. The Morgan fingerprint density at radius 3 is 2.89 bits per heavy atom. The minimum atomic E-state index is -0.0719. The molecule has 0 saturated heterocycles. The summed E-state index contributed by atoms with van der Waals surface area (Å²) in [7, 11) is 0. The molecule has 0 saturated carbocycles. The second kappa shape index (κ2) is 7.91. The number of nitrogens with two attached hydrogens (primary N) is 1. The quantitative estimate of drug-likeness (QED) is 0.181. The van der Waals surface area contributed by atoms with Gasteiger partial charge in [-0.15, -0.1) is 0 Å². The van der Waals surface area contributed by atoms with E-state index in [1.807, 2.05) is 18.2 Å². The third kappa shape index (κ3) is 5.35. The van der Waals surface area contributed by atoms with Crippen LogP contribution in [0.3, 0.4) is 0 Å². The number of rotatable bonds is 6. The van der Waals surface area contributed by atoms with Crippen LogP contribution in [0.4, 0.5) is 0 Å². The maximum atomic E-state index is 11.7. The van der Waals surface area contributed by atoms with Crippen LogP contribution in [-0.2, 0) is 0 Å². The first-order valence-electron chi connectivity index (χ1n) is 5.63. The van der Waals surface area contributed by atoms with E-state index in [1.165, 1.54) is 0 Å². The molecule has 18 heavy (non-hydrogen) atoms. The minimum absolute atomic E-state index is 0.0719. The van der Waals surface area contributed by atoms with Crippen LogP contribution in [0.15, 0.2) is 29.4 Å². The van der Waals surface area contributed by atoms with Crippen molar-refractivity contribution in [3.63, 3.8) is 0 Å². The third-order valence-electron chi connectivity index (χ3n) is 2.36. The number of carbonyl (C=O) groups is 1. The first-order valence-corrected chi connectivity index (χ1v) is 6.71. The first-order chi connectivity index (χ1) is 8.63. The van der Waals surface area contributed by atoms with Gasteiger partial charge >= 0.3 is 0 Å². The molecule has 0 spiro atoms. The van der Waals surface area contributed by atoms with Crippen molar-refractivity contribution in [2.24, 2.45) is 10.9 Å². The Morgan fingerprint density at radius 1 is 1.44 bits per heavy atom. The highest BCUT2D eigenvalue weighted by atomic mass is 127. The van der Waals surface area contributed by atoms with Crippen LogP contribution in [0.1, 0.15) is 29.6 Å². The van der Waals surface area contributed by atoms with Gasteiger partial charge in [-0.05, 0) is 53.6 Å².